The second kappa shape index (κ2) is 5.51. The zero-order valence-corrected chi connectivity index (χ0v) is 9.96. The fourth-order valence-corrected chi connectivity index (χ4v) is 1.71. The van der Waals surface area contributed by atoms with Crippen molar-refractivity contribution >= 4 is 5.91 Å². The summed E-state index contributed by atoms with van der Waals surface area (Å²) in [5.74, 6) is 5.61. The van der Waals surface area contributed by atoms with E-state index in [0.29, 0.717) is 6.61 Å². The second-order valence-electron chi connectivity index (χ2n) is 3.89. The quantitative estimate of drug-likeness (QED) is 0.459. The highest BCUT2D eigenvalue weighted by Crippen LogP contribution is 2.24. The average Bonchev–Trinajstić information content (AvgIpc) is 2.21. The van der Waals surface area contributed by atoms with Gasteiger partial charge in [-0.25, -0.2) is 5.84 Å². The van der Waals surface area contributed by atoms with Gasteiger partial charge in [0.05, 0.1) is 13.0 Å². The van der Waals surface area contributed by atoms with Crippen LogP contribution in [-0.2, 0) is 4.79 Å². The second-order valence-corrected chi connectivity index (χ2v) is 3.89. The van der Waals surface area contributed by atoms with Crippen molar-refractivity contribution in [2.24, 2.45) is 5.84 Å². The van der Waals surface area contributed by atoms with Crippen LogP contribution in [0.5, 0.6) is 5.75 Å². The molecule has 4 heteroatoms. The van der Waals surface area contributed by atoms with Crippen LogP contribution in [0.3, 0.4) is 0 Å². The fraction of sp³-hybridized carbons (Fsp3) is 0.417. The summed E-state index contributed by atoms with van der Waals surface area (Å²) in [6.45, 7) is 6.39. The van der Waals surface area contributed by atoms with Gasteiger partial charge in [0, 0.05) is 0 Å². The molecule has 0 aromatic heterocycles. The number of nitrogens with one attached hydrogen (secondary N) is 1. The van der Waals surface area contributed by atoms with Gasteiger partial charge in [-0.05, 0) is 31.9 Å². The zero-order valence-electron chi connectivity index (χ0n) is 9.96. The van der Waals surface area contributed by atoms with E-state index in [1.807, 2.05) is 20.8 Å². The standard InChI is InChI=1S/C12H18N2O2/c1-8-6-9(2)12(10(3)7-8)16-5-4-11(15)14-13/h6-7H,4-5,13H2,1-3H3,(H,14,15). The molecule has 0 heterocycles. The van der Waals surface area contributed by atoms with Gasteiger partial charge >= 0.3 is 0 Å². The third-order valence-electron chi connectivity index (χ3n) is 2.34. The van der Waals surface area contributed by atoms with E-state index >= 15 is 0 Å². The van der Waals surface area contributed by atoms with Crippen LogP contribution in [0.1, 0.15) is 23.1 Å². The molecule has 4 nitrogen and oxygen atoms in total. The van der Waals surface area contributed by atoms with Gasteiger partial charge in [-0.3, -0.25) is 10.2 Å². The highest BCUT2D eigenvalue weighted by Gasteiger charge is 2.06. The van der Waals surface area contributed by atoms with Crippen LogP contribution in [0.2, 0.25) is 0 Å². The molecule has 0 aliphatic carbocycles. The van der Waals surface area contributed by atoms with Crippen molar-refractivity contribution in [2.45, 2.75) is 27.2 Å². The first-order valence-electron chi connectivity index (χ1n) is 5.24. The highest BCUT2D eigenvalue weighted by molar-refractivity contribution is 5.75. The van der Waals surface area contributed by atoms with Crippen LogP contribution in [-0.4, -0.2) is 12.5 Å². The summed E-state index contributed by atoms with van der Waals surface area (Å²) in [4.78, 5) is 10.9. The molecule has 3 N–H and O–H groups in total. The van der Waals surface area contributed by atoms with Crippen LogP contribution in [0.4, 0.5) is 0 Å². The number of benzene rings is 1. The normalized spacial score (nSPS) is 10.0. The summed E-state index contributed by atoms with van der Waals surface area (Å²) in [5, 5.41) is 0. The van der Waals surface area contributed by atoms with Crippen molar-refractivity contribution < 1.29 is 9.53 Å². The molecule has 0 spiro atoms. The first kappa shape index (κ1) is 12.5. The van der Waals surface area contributed by atoms with Crippen LogP contribution in [0, 0.1) is 20.8 Å². The lowest BCUT2D eigenvalue weighted by molar-refractivity contribution is -0.121. The van der Waals surface area contributed by atoms with E-state index in [1.165, 1.54) is 5.56 Å². The molecule has 0 atom stereocenters. The van der Waals surface area contributed by atoms with Gasteiger partial charge in [0.1, 0.15) is 5.75 Å². The van der Waals surface area contributed by atoms with Crippen LogP contribution >= 0.6 is 0 Å². The minimum absolute atomic E-state index is 0.220. The Labute approximate surface area is 95.8 Å². The minimum atomic E-state index is -0.220. The van der Waals surface area contributed by atoms with Gasteiger partial charge in [0.2, 0.25) is 5.91 Å². The first-order valence-corrected chi connectivity index (χ1v) is 5.24. The van der Waals surface area contributed by atoms with E-state index in [2.05, 4.69) is 17.6 Å². The Balaban J connectivity index is 2.64. The molecule has 1 aromatic rings. The molecule has 1 rings (SSSR count). The van der Waals surface area contributed by atoms with E-state index in [-0.39, 0.29) is 12.3 Å². The maximum absolute atomic E-state index is 10.9. The van der Waals surface area contributed by atoms with E-state index in [4.69, 9.17) is 10.6 Å². The van der Waals surface area contributed by atoms with Gasteiger partial charge in [-0.2, -0.15) is 0 Å². The number of hydrogen-bond donors (Lipinski definition) is 2. The number of ether oxygens (including phenoxy) is 1. The smallest absolute Gasteiger partial charge is 0.237 e. The third kappa shape index (κ3) is 3.24. The Kier molecular flexibility index (Phi) is 4.31. The number of hydrogen-bond acceptors (Lipinski definition) is 3. The molecule has 0 bridgehead atoms. The van der Waals surface area contributed by atoms with Crippen molar-refractivity contribution in [2.75, 3.05) is 6.61 Å². The van der Waals surface area contributed by atoms with Crippen molar-refractivity contribution in [1.29, 1.82) is 0 Å². The van der Waals surface area contributed by atoms with Gasteiger partial charge < -0.3 is 4.74 Å². The van der Waals surface area contributed by atoms with Crippen LogP contribution < -0.4 is 16.0 Å². The molecular weight excluding hydrogens is 204 g/mol. The molecule has 1 amide bonds. The number of carbonyl (C=O) groups excluding carboxylic acids is 1. The number of aryl methyl sites for hydroxylation is 3. The average molecular weight is 222 g/mol. The topological polar surface area (TPSA) is 64.3 Å². The molecule has 88 valence electrons. The summed E-state index contributed by atoms with van der Waals surface area (Å²) in [6.07, 6.45) is 0.267. The first-order chi connectivity index (χ1) is 7.54. The number of amides is 1. The van der Waals surface area contributed by atoms with E-state index in [0.717, 1.165) is 16.9 Å². The Morgan fingerprint density at radius 3 is 2.38 bits per heavy atom. The Hall–Kier alpha value is -1.55. The molecule has 1 aromatic carbocycles. The SMILES string of the molecule is Cc1cc(C)c(OCCC(=O)NN)c(C)c1. The van der Waals surface area contributed by atoms with Gasteiger partial charge in [0.25, 0.3) is 0 Å². The predicted molar refractivity (Wildman–Crippen MR) is 63.1 cm³/mol. The summed E-state index contributed by atoms with van der Waals surface area (Å²) < 4.78 is 5.58. The molecule has 0 saturated carbocycles. The van der Waals surface area contributed by atoms with Crippen molar-refractivity contribution in [1.82, 2.24) is 5.43 Å². The lowest BCUT2D eigenvalue weighted by atomic mass is 10.1. The zero-order chi connectivity index (χ0) is 12.1. The minimum Gasteiger partial charge on any atom is -0.493 e. The molecule has 0 saturated heterocycles. The highest BCUT2D eigenvalue weighted by atomic mass is 16.5. The Bertz CT molecular complexity index is 366. The maximum atomic E-state index is 10.9. The van der Waals surface area contributed by atoms with Gasteiger partial charge in [-0.1, -0.05) is 17.7 Å². The predicted octanol–water partition coefficient (Wildman–Crippen LogP) is 1.37. The summed E-state index contributed by atoms with van der Waals surface area (Å²) in [7, 11) is 0. The Morgan fingerprint density at radius 1 is 1.31 bits per heavy atom. The number of nitrogens with two attached hydrogens (primary N) is 1. The molecule has 16 heavy (non-hydrogen) atoms. The number of rotatable bonds is 4. The van der Waals surface area contributed by atoms with E-state index in [1.54, 1.807) is 0 Å². The van der Waals surface area contributed by atoms with Gasteiger partial charge in [-0.15, -0.1) is 0 Å². The molecular formula is C12H18N2O2. The molecule has 0 radical (unpaired) electrons. The van der Waals surface area contributed by atoms with E-state index in [9.17, 15) is 4.79 Å². The van der Waals surface area contributed by atoms with Crippen molar-refractivity contribution in [3.8, 4) is 5.75 Å². The Morgan fingerprint density at radius 2 is 1.88 bits per heavy atom. The fourth-order valence-electron chi connectivity index (χ4n) is 1.71. The number of carbonyl (C=O) groups is 1. The molecule has 0 unspecified atom stereocenters. The van der Waals surface area contributed by atoms with Crippen LogP contribution in [0.15, 0.2) is 12.1 Å². The molecule has 0 aliphatic rings. The van der Waals surface area contributed by atoms with Gasteiger partial charge in [0.15, 0.2) is 0 Å². The largest absolute Gasteiger partial charge is 0.493 e. The lowest BCUT2D eigenvalue weighted by Gasteiger charge is -2.12. The summed E-state index contributed by atoms with van der Waals surface area (Å²) >= 11 is 0. The van der Waals surface area contributed by atoms with Crippen molar-refractivity contribution in [3.63, 3.8) is 0 Å². The molecule has 0 fully saturated rings. The molecule has 0 aliphatic heterocycles. The lowest BCUT2D eigenvalue weighted by Crippen LogP contribution is -2.31. The van der Waals surface area contributed by atoms with Crippen molar-refractivity contribution in [3.05, 3.63) is 28.8 Å². The maximum Gasteiger partial charge on any atom is 0.237 e. The number of hydrazine groups is 1. The third-order valence-corrected chi connectivity index (χ3v) is 2.34. The van der Waals surface area contributed by atoms with E-state index < -0.39 is 0 Å². The summed E-state index contributed by atoms with van der Waals surface area (Å²) in [6, 6.07) is 4.12. The summed E-state index contributed by atoms with van der Waals surface area (Å²) in [5.41, 5.74) is 5.46. The monoisotopic (exact) mass is 222 g/mol. The van der Waals surface area contributed by atoms with Crippen LogP contribution in [0.25, 0.3) is 0 Å².